The fourth-order valence-corrected chi connectivity index (χ4v) is 5.17. The minimum Gasteiger partial charge on any atom is -0.423 e. The summed E-state index contributed by atoms with van der Waals surface area (Å²) in [6.45, 7) is 0. The lowest BCUT2D eigenvalue weighted by atomic mass is 10.2. The van der Waals surface area contributed by atoms with Crippen molar-refractivity contribution in [2.45, 2.75) is 6.42 Å². The van der Waals surface area contributed by atoms with Gasteiger partial charge in [-0.1, -0.05) is 36.4 Å². The molecule has 1 amide bonds. The van der Waals surface area contributed by atoms with Crippen molar-refractivity contribution in [2.24, 2.45) is 0 Å². The molecule has 0 spiro atoms. The van der Waals surface area contributed by atoms with Crippen molar-refractivity contribution in [3.05, 3.63) is 93.5 Å². The molecule has 152 valence electrons. The summed E-state index contributed by atoms with van der Waals surface area (Å²) in [7, 11) is 0. The molecule has 31 heavy (non-hydrogen) atoms. The molecule has 0 aliphatic rings. The number of hydrogen-bond donors (Lipinski definition) is 1. The maximum Gasteiger partial charge on any atom is 0.336 e. The summed E-state index contributed by atoms with van der Waals surface area (Å²) in [6, 6.07) is 22.2. The third kappa shape index (κ3) is 4.19. The van der Waals surface area contributed by atoms with Gasteiger partial charge in [-0.2, -0.15) is 0 Å². The van der Waals surface area contributed by atoms with E-state index in [0.717, 1.165) is 31.4 Å². The van der Waals surface area contributed by atoms with Gasteiger partial charge in [0.1, 0.15) is 10.6 Å². The van der Waals surface area contributed by atoms with Gasteiger partial charge in [0.15, 0.2) is 0 Å². The third-order valence-corrected chi connectivity index (χ3v) is 6.68. The molecule has 0 radical (unpaired) electrons. The van der Waals surface area contributed by atoms with Gasteiger partial charge in [0.25, 0.3) is 0 Å². The number of carbonyl (C=O) groups excluding carboxylic acids is 1. The number of nitrogens with one attached hydrogen (secondary N) is 1. The smallest absolute Gasteiger partial charge is 0.336 e. The molecule has 0 aliphatic heterocycles. The fraction of sp³-hybridized carbons (Fsp3) is 0.0417. The summed E-state index contributed by atoms with van der Waals surface area (Å²) in [5.41, 5.74) is 2.63. The number of hydrogen-bond acceptors (Lipinski definition) is 6. The van der Waals surface area contributed by atoms with Gasteiger partial charge < -0.3 is 9.73 Å². The first kappa shape index (κ1) is 19.4. The molecule has 2 aromatic carbocycles. The van der Waals surface area contributed by atoms with Crippen LogP contribution in [0.5, 0.6) is 0 Å². The number of benzene rings is 2. The van der Waals surface area contributed by atoms with Gasteiger partial charge in [0.05, 0.1) is 17.0 Å². The number of thiazole rings is 1. The molecule has 0 saturated carbocycles. The zero-order valence-electron chi connectivity index (χ0n) is 16.2. The van der Waals surface area contributed by atoms with Gasteiger partial charge in [-0.15, -0.1) is 22.7 Å². The number of carbonyl (C=O) groups is 1. The predicted octanol–water partition coefficient (Wildman–Crippen LogP) is 5.83. The van der Waals surface area contributed by atoms with Gasteiger partial charge >= 0.3 is 5.63 Å². The Balaban J connectivity index is 1.42. The van der Waals surface area contributed by atoms with E-state index in [0.29, 0.717) is 11.3 Å². The molecular weight excluding hydrogens is 428 g/mol. The van der Waals surface area contributed by atoms with Crippen LogP contribution in [0.2, 0.25) is 0 Å². The lowest BCUT2D eigenvalue weighted by molar-refractivity contribution is -0.115. The van der Waals surface area contributed by atoms with Crippen LogP contribution in [0.4, 0.5) is 5.69 Å². The summed E-state index contributed by atoms with van der Waals surface area (Å²) in [4.78, 5) is 31.0. The number of amides is 1. The van der Waals surface area contributed by atoms with E-state index in [9.17, 15) is 9.59 Å². The zero-order valence-corrected chi connectivity index (χ0v) is 17.8. The highest BCUT2D eigenvalue weighted by Gasteiger charge is 2.18. The van der Waals surface area contributed by atoms with Crippen molar-refractivity contribution in [2.75, 3.05) is 5.32 Å². The minimum absolute atomic E-state index is 0.127. The van der Waals surface area contributed by atoms with Crippen LogP contribution in [0.25, 0.3) is 32.1 Å². The molecule has 0 saturated heterocycles. The first-order chi connectivity index (χ1) is 15.2. The maximum absolute atomic E-state index is 12.8. The molecule has 1 N–H and O–H groups in total. The lowest BCUT2D eigenvalue weighted by Gasteiger charge is -2.06. The molecule has 3 heterocycles. The van der Waals surface area contributed by atoms with E-state index in [1.807, 2.05) is 47.8 Å². The highest BCUT2D eigenvalue weighted by atomic mass is 32.1. The lowest BCUT2D eigenvalue weighted by Crippen LogP contribution is -2.14. The van der Waals surface area contributed by atoms with Crippen LogP contribution < -0.4 is 10.9 Å². The number of fused-ring (bicyclic) bond motifs is 1. The molecule has 7 heteroatoms. The second-order valence-corrected chi connectivity index (χ2v) is 8.90. The molecule has 3 aromatic heterocycles. The first-order valence-electron chi connectivity index (χ1n) is 9.58. The Morgan fingerprint density at radius 1 is 1.00 bits per heavy atom. The van der Waals surface area contributed by atoms with E-state index in [1.54, 1.807) is 35.6 Å². The molecule has 5 nitrogen and oxygen atoms in total. The van der Waals surface area contributed by atoms with Gasteiger partial charge in [0, 0.05) is 27.6 Å². The van der Waals surface area contributed by atoms with Crippen molar-refractivity contribution in [1.29, 1.82) is 0 Å². The number of nitrogens with zero attached hydrogens (tertiary/aromatic N) is 1. The monoisotopic (exact) mass is 444 g/mol. The van der Waals surface area contributed by atoms with E-state index in [2.05, 4.69) is 5.32 Å². The Bertz CT molecular complexity index is 1420. The van der Waals surface area contributed by atoms with Crippen LogP contribution in [0, 0.1) is 0 Å². The molecule has 0 atom stereocenters. The van der Waals surface area contributed by atoms with E-state index < -0.39 is 5.63 Å². The van der Waals surface area contributed by atoms with Crippen LogP contribution in [-0.2, 0) is 11.2 Å². The number of anilines is 1. The SMILES string of the molecule is O=C(Cc1sc(-c2ccccc2)nc1-c1cccs1)Nc1ccc2oc(=O)ccc2c1. The van der Waals surface area contributed by atoms with Crippen LogP contribution in [-0.4, -0.2) is 10.9 Å². The topological polar surface area (TPSA) is 72.2 Å². The summed E-state index contributed by atoms with van der Waals surface area (Å²) in [5.74, 6) is -0.127. The van der Waals surface area contributed by atoms with Crippen LogP contribution in [0.3, 0.4) is 0 Å². The largest absolute Gasteiger partial charge is 0.423 e. The first-order valence-corrected chi connectivity index (χ1v) is 11.3. The number of aromatic nitrogens is 1. The van der Waals surface area contributed by atoms with Crippen molar-refractivity contribution in [1.82, 2.24) is 4.98 Å². The number of thiophene rings is 1. The predicted molar refractivity (Wildman–Crippen MR) is 126 cm³/mol. The highest BCUT2D eigenvalue weighted by molar-refractivity contribution is 7.17. The summed E-state index contributed by atoms with van der Waals surface area (Å²) in [6.07, 6.45) is 0.222. The Kier molecular flexibility index (Phi) is 5.19. The zero-order chi connectivity index (χ0) is 21.2. The van der Waals surface area contributed by atoms with Crippen molar-refractivity contribution in [3.8, 4) is 21.1 Å². The van der Waals surface area contributed by atoms with Gasteiger partial charge in [-0.05, 0) is 35.7 Å². The Morgan fingerprint density at radius 2 is 1.87 bits per heavy atom. The van der Waals surface area contributed by atoms with E-state index in [-0.39, 0.29) is 12.3 Å². The second kappa shape index (κ2) is 8.29. The quantitative estimate of drug-likeness (QED) is 0.346. The number of rotatable bonds is 5. The Hall–Kier alpha value is -3.55. The van der Waals surface area contributed by atoms with Crippen molar-refractivity contribution < 1.29 is 9.21 Å². The maximum atomic E-state index is 12.8. The van der Waals surface area contributed by atoms with Crippen LogP contribution >= 0.6 is 22.7 Å². The van der Waals surface area contributed by atoms with E-state index in [4.69, 9.17) is 9.40 Å². The van der Waals surface area contributed by atoms with E-state index >= 15 is 0 Å². The standard InChI is InChI=1S/C24H16N2O3S2/c27-21(25-17-9-10-18-16(13-17)8-11-22(28)29-18)14-20-23(19-7-4-12-30-19)26-24(31-20)15-5-2-1-3-6-15/h1-13H,14H2,(H,25,27). The van der Waals surface area contributed by atoms with Crippen LogP contribution in [0.1, 0.15) is 4.88 Å². The van der Waals surface area contributed by atoms with E-state index in [1.165, 1.54) is 17.4 Å². The van der Waals surface area contributed by atoms with Gasteiger partial charge in [-0.3, -0.25) is 4.79 Å². The normalized spacial score (nSPS) is 11.0. The summed E-state index contributed by atoms with van der Waals surface area (Å²) >= 11 is 3.15. The molecule has 0 aliphatic carbocycles. The molecule has 0 bridgehead atoms. The molecular formula is C24H16N2O3S2. The second-order valence-electron chi connectivity index (χ2n) is 6.87. The minimum atomic E-state index is -0.398. The molecule has 5 aromatic rings. The molecule has 0 unspecified atom stereocenters. The average molecular weight is 445 g/mol. The Morgan fingerprint density at radius 3 is 2.68 bits per heavy atom. The highest BCUT2D eigenvalue weighted by Crippen LogP contribution is 2.36. The van der Waals surface area contributed by atoms with Crippen molar-refractivity contribution >= 4 is 45.2 Å². The van der Waals surface area contributed by atoms with Gasteiger partial charge in [0.2, 0.25) is 5.91 Å². The molecule has 0 fully saturated rings. The Labute approximate surface area is 185 Å². The summed E-state index contributed by atoms with van der Waals surface area (Å²) in [5, 5.41) is 6.60. The third-order valence-electron chi connectivity index (χ3n) is 4.70. The van der Waals surface area contributed by atoms with Crippen molar-refractivity contribution in [3.63, 3.8) is 0 Å². The fourth-order valence-electron chi connectivity index (χ4n) is 3.28. The molecule has 5 rings (SSSR count). The van der Waals surface area contributed by atoms with Gasteiger partial charge in [-0.25, -0.2) is 9.78 Å². The summed E-state index contributed by atoms with van der Waals surface area (Å²) < 4.78 is 5.15. The van der Waals surface area contributed by atoms with Crippen LogP contribution in [0.15, 0.2) is 87.4 Å². The average Bonchev–Trinajstić information content (AvgIpc) is 3.44.